The fourth-order valence-electron chi connectivity index (χ4n) is 3.32. The molecule has 5 atom stereocenters. The van der Waals surface area contributed by atoms with E-state index < -0.39 is 37.3 Å². The summed E-state index contributed by atoms with van der Waals surface area (Å²) < 4.78 is 17.0. The second-order valence-electron chi connectivity index (χ2n) is 6.84. The Morgan fingerprint density at radius 3 is 2.31 bits per heavy atom. The van der Waals surface area contributed by atoms with E-state index in [0.29, 0.717) is 5.56 Å². The molecule has 2 aliphatic heterocycles. The maximum absolute atomic E-state index is 10.2. The van der Waals surface area contributed by atoms with Crippen LogP contribution in [0, 0.1) is 0 Å². The Morgan fingerprint density at radius 1 is 0.931 bits per heavy atom. The van der Waals surface area contributed by atoms with Crippen molar-refractivity contribution in [2.75, 3.05) is 6.61 Å². The smallest absolute Gasteiger partial charge is 0.228 e. The highest BCUT2D eigenvalue weighted by Gasteiger charge is 2.45. The number of hydrogen-bond acceptors (Lipinski definition) is 9. The molecule has 0 aliphatic carbocycles. The lowest BCUT2D eigenvalue weighted by Crippen LogP contribution is -2.35. The zero-order valence-electron chi connectivity index (χ0n) is 15.0. The van der Waals surface area contributed by atoms with Gasteiger partial charge >= 0.3 is 0 Å². The normalized spacial score (nSPS) is 28.4. The van der Waals surface area contributed by atoms with Crippen LogP contribution < -0.4 is 4.74 Å². The van der Waals surface area contributed by atoms with E-state index in [9.17, 15) is 30.6 Å². The van der Waals surface area contributed by atoms with Crippen molar-refractivity contribution in [3.63, 3.8) is 0 Å². The van der Waals surface area contributed by atoms with E-state index in [0.717, 1.165) is 6.07 Å². The van der Waals surface area contributed by atoms with Gasteiger partial charge in [0.25, 0.3) is 0 Å². The summed E-state index contributed by atoms with van der Waals surface area (Å²) in [5.41, 5.74) is 0.828. The summed E-state index contributed by atoms with van der Waals surface area (Å²) in [6, 6.07) is 8.59. The van der Waals surface area contributed by atoms with Gasteiger partial charge in [-0.2, -0.15) is 0 Å². The van der Waals surface area contributed by atoms with Crippen molar-refractivity contribution in [2.45, 2.75) is 30.7 Å². The number of aromatic hydroxyl groups is 3. The molecule has 2 heterocycles. The molecule has 29 heavy (non-hydrogen) atoms. The molecule has 4 rings (SSSR count). The van der Waals surface area contributed by atoms with Crippen LogP contribution in [0.4, 0.5) is 0 Å². The van der Waals surface area contributed by atoms with Crippen molar-refractivity contribution >= 4 is 6.08 Å². The number of phenols is 3. The number of benzene rings is 2. The Bertz CT molecular complexity index is 924. The van der Waals surface area contributed by atoms with Gasteiger partial charge in [-0.15, -0.1) is 0 Å². The fraction of sp³-hybridized carbons (Fsp3) is 0.300. The predicted octanol–water partition coefficient (Wildman–Crippen LogP) is 0.734. The van der Waals surface area contributed by atoms with Crippen LogP contribution in [-0.2, 0) is 9.47 Å². The van der Waals surface area contributed by atoms with E-state index in [2.05, 4.69) is 0 Å². The van der Waals surface area contributed by atoms with Crippen LogP contribution in [0.5, 0.6) is 23.0 Å². The highest BCUT2D eigenvalue weighted by Crippen LogP contribution is 2.44. The highest BCUT2D eigenvalue weighted by molar-refractivity contribution is 5.69. The third kappa shape index (κ3) is 3.56. The van der Waals surface area contributed by atoms with E-state index in [1.54, 1.807) is 12.1 Å². The Morgan fingerprint density at radius 2 is 1.66 bits per heavy atom. The second-order valence-corrected chi connectivity index (χ2v) is 6.84. The second kappa shape index (κ2) is 7.45. The van der Waals surface area contributed by atoms with E-state index in [4.69, 9.17) is 14.2 Å². The zero-order valence-corrected chi connectivity index (χ0v) is 15.0. The quantitative estimate of drug-likeness (QED) is 0.434. The summed E-state index contributed by atoms with van der Waals surface area (Å²) in [5, 5.41) is 58.8. The molecule has 0 aromatic heterocycles. The molecule has 0 saturated carbocycles. The molecule has 2 aromatic rings. The van der Waals surface area contributed by atoms with Gasteiger partial charge in [0.15, 0.2) is 6.10 Å². The van der Waals surface area contributed by atoms with Crippen LogP contribution >= 0.6 is 0 Å². The van der Waals surface area contributed by atoms with E-state index in [-0.39, 0.29) is 34.3 Å². The first-order valence-corrected chi connectivity index (χ1v) is 8.89. The molecule has 9 nitrogen and oxygen atoms in total. The lowest BCUT2D eigenvalue weighted by Gasteiger charge is -2.30. The molecule has 0 amide bonds. The zero-order chi connectivity index (χ0) is 20.7. The van der Waals surface area contributed by atoms with Crippen LogP contribution in [0.1, 0.15) is 17.2 Å². The molecule has 2 aromatic carbocycles. The fourth-order valence-corrected chi connectivity index (χ4v) is 3.32. The van der Waals surface area contributed by atoms with Crippen molar-refractivity contribution in [1.29, 1.82) is 0 Å². The average molecular weight is 404 g/mol. The number of rotatable bonds is 4. The maximum atomic E-state index is 10.2. The number of phenolic OH excluding ortho intramolecular Hbond substituents is 3. The molecule has 9 heteroatoms. The summed E-state index contributed by atoms with van der Waals surface area (Å²) in [5.74, 6) is -0.0263. The molecule has 0 spiro atoms. The van der Waals surface area contributed by atoms with Crippen LogP contribution in [-0.4, -0.2) is 61.8 Å². The molecule has 6 N–H and O–H groups in total. The number of aliphatic hydroxyl groups is 3. The maximum Gasteiger partial charge on any atom is 0.228 e. The lowest BCUT2D eigenvalue weighted by atomic mass is 10.0. The third-order valence-electron chi connectivity index (χ3n) is 4.84. The topological polar surface area (TPSA) is 149 Å². The number of fused-ring (bicyclic) bond motifs is 1. The lowest BCUT2D eigenvalue weighted by molar-refractivity contribution is -0.154. The molecule has 1 saturated heterocycles. The van der Waals surface area contributed by atoms with Crippen molar-refractivity contribution < 1.29 is 44.8 Å². The van der Waals surface area contributed by atoms with Gasteiger partial charge in [0.2, 0.25) is 6.29 Å². The van der Waals surface area contributed by atoms with Crippen LogP contribution in [0.2, 0.25) is 0 Å². The van der Waals surface area contributed by atoms with Crippen molar-refractivity contribution in [3.8, 4) is 23.0 Å². The minimum absolute atomic E-state index is 0.0511. The Labute approximate surface area is 165 Å². The van der Waals surface area contributed by atoms with Crippen molar-refractivity contribution in [2.24, 2.45) is 0 Å². The minimum Gasteiger partial charge on any atom is -0.508 e. The molecule has 154 valence electrons. The van der Waals surface area contributed by atoms with Gasteiger partial charge in [-0.25, -0.2) is 0 Å². The van der Waals surface area contributed by atoms with Gasteiger partial charge in [0.05, 0.1) is 12.2 Å². The SMILES string of the molecule is OCC1OC(OC2=Cc3c(O)cc(O)cc3OC2c2ccc(O)cc2)C(O)C1O. The summed E-state index contributed by atoms with van der Waals surface area (Å²) in [7, 11) is 0. The Hall–Kier alpha value is -2.98. The first-order chi connectivity index (χ1) is 13.9. The molecule has 1 fully saturated rings. The molecule has 2 aliphatic rings. The first-order valence-electron chi connectivity index (χ1n) is 8.89. The van der Waals surface area contributed by atoms with E-state index in [1.165, 1.54) is 24.3 Å². The van der Waals surface area contributed by atoms with Crippen LogP contribution in [0.15, 0.2) is 42.2 Å². The average Bonchev–Trinajstić information content (AvgIpc) is 2.96. The van der Waals surface area contributed by atoms with Gasteiger partial charge in [0.1, 0.15) is 47.1 Å². The molecule has 5 unspecified atom stereocenters. The van der Waals surface area contributed by atoms with Gasteiger partial charge in [0, 0.05) is 17.7 Å². The highest BCUT2D eigenvalue weighted by atomic mass is 16.7. The number of hydrogen-bond donors (Lipinski definition) is 6. The van der Waals surface area contributed by atoms with Gasteiger partial charge in [-0.05, 0) is 18.2 Å². The van der Waals surface area contributed by atoms with E-state index >= 15 is 0 Å². The molecule has 0 bridgehead atoms. The van der Waals surface area contributed by atoms with Gasteiger partial charge in [-0.1, -0.05) is 12.1 Å². The molecule has 0 radical (unpaired) electrons. The first kappa shape index (κ1) is 19.3. The summed E-state index contributed by atoms with van der Waals surface area (Å²) in [6.07, 6.45) is -4.42. The Kier molecular flexibility index (Phi) is 4.97. The number of aliphatic hydroxyl groups excluding tert-OH is 3. The largest absolute Gasteiger partial charge is 0.508 e. The number of ether oxygens (including phenoxy) is 3. The van der Waals surface area contributed by atoms with Gasteiger partial charge in [-0.3, -0.25) is 0 Å². The van der Waals surface area contributed by atoms with Crippen LogP contribution in [0.25, 0.3) is 6.08 Å². The Balaban J connectivity index is 1.71. The molecular formula is C20H20O9. The molecular weight excluding hydrogens is 384 g/mol. The van der Waals surface area contributed by atoms with Crippen LogP contribution in [0.3, 0.4) is 0 Å². The summed E-state index contributed by atoms with van der Waals surface area (Å²) >= 11 is 0. The monoisotopic (exact) mass is 404 g/mol. The third-order valence-corrected chi connectivity index (χ3v) is 4.84. The summed E-state index contributed by atoms with van der Waals surface area (Å²) in [4.78, 5) is 0. The van der Waals surface area contributed by atoms with Crippen molar-refractivity contribution in [3.05, 3.63) is 53.3 Å². The minimum atomic E-state index is -1.41. The predicted molar refractivity (Wildman–Crippen MR) is 98.1 cm³/mol. The van der Waals surface area contributed by atoms with Gasteiger partial charge < -0.3 is 44.8 Å². The van der Waals surface area contributed by atoms with E-state index in [1.807, 2.05) is 0 Å². The standard InChI is InChI=1S/C20H20O9/c21-8-16-17(25)18(26)20(29-16)28-15-7-12-13(24)5-11(23)6-14(12)27-19(15)9-1-3-10(22)4-2-9/h1-7,16-26H,8H2. The summed E-state index contributed by atoms with van der Waals surface area (Å²) in [6.45, 7) is -0.502. The van der Waals surface area contributed by atoms with Crippen molar-refractivity contribution in [1.82, 2.24) is 0 Å².